The SMILES string of the molecule is CC(Cn1cccn1)n1c(CO)c[nH]c1=S. The third kappa shape index (κ3) is 2.07. The van der Waals surface area contributed by atoms with Gasteiger partial charge in [-0.2, -0.15) is 5.10 Å². The first-order chi connectivity index (χ1) is 7.72. The molecule has 16 heavy (non-hydrogen) atoms. The molecule has 6 heteroatoms. The Morgan fingerprint density at radius 1 is 1.62 bits per heavy atom. The van der Waals surface area contributed by atoms with Crippen molar-refractivity contribution in [3.05, 3.63) is 35.1 Å². The van der Waals surface area contributed by atoms with Crippen LogP contribution in [0.1, 0.15) is 18.7 Å². The van der Waals surface area contributed by atoms with E-state index in [1.54, 1.807) is 12.4 Å². The third-order valence-electron chi connectivity index (χ3n) is 2.50. The standard InChI is InChI=1S/C10H14N4OS/c1-8(6-13-4-2-3-12-13)14-9(7-15)5-11-10(14)16/h2-5,8,15H,6-7H2,1H3,(H,11,16). The van der Waals surface area contributed by atoms with Crippen molar-refractivity contribution >= 4 is 12.2 Å². The number of aromatic nitrogens is 4. The zero-order valence-corrected chi connectivity index (χ0v) is 9.81. The average molecular weight is 238 g/mol. The van der Waals surface area contributed by atoms with Crippen LogP contribution in [0.4, 0.5) is 0 Å². The lowest BCUT2D eigenvalue weighted by Crippen LogP contribution is -2.15. The molecule has 2 heterocycles. The number of nitrogens with zero attached hydrogens (tertiary/aromatic N) is 3. The number of nitrogens with one attached hydrogen (secondary N) is 1. The highest BCUT2D eigenvalue weighted by atomic mass is 32.1. The van der Waals surface area contributed by atoms with Crippen molar-refractivity contribution in [1.82, 2.24) is 19.3 Å². The molecular weight excluding hydrogens is 224 g/mol. The van der Waals surface area contributed by atoms with Crippen LogP contribution in [0.2, 0.25) is 0 Å². The molecule has 0 aliphatic heterocycles. The fourth-order valence-electron chi connectivity index (χ4n) is 1.78. The number of rotatable bonds is 4. The lowest BCUT2D eigenvalue weighted by atomic mass is 10.3. The van der Waals surface area contributed by atoms with E-state index in [-0.39, 0.29) is 12.6 Å². The molecule has 2 rings (SSSR count). The van der Waals surface area contributed by atoms with E-state index in [0.717, 1.165) is 12.2 Å². The quantitative estimate of drug-likeness (QED) is 0.793. The van der Waals surface area contributed by atoms with E-state index in [1.165, 1.54) is 0 Å². The van der Waals surface area contributed by atoms with E-state index < -0.39 is 0 Å². The van der Waals surface area contributed by atoms with Crippen LogP contribution < -0.4 is 0 Å². The van der Waals surface area contributed by atoms with Gasteiger partial charge in [-0.15, -0.1) is 0 Å². The summed E-state index contributed by atoms with van der Waals surface area (Å²) in [6.07, 6.45) is 5.39. The second-order valence-corrected chi connectivity index (χ2v) is 4.08. The maximum absolute atomic E-state index is 9.20. The topological polar surface area (TPSA) is 58.8 Å². The Kier molecular flexibility index (Phi) is 3.21. The summed E-state index contributed by atoms with van der Waals surface area (Å²) in [6.45, 7) is 2.76. The van der Waals surface area contributed by atoms with Gasteiger partial charge >= 0.3 is 0 Å². The monoisotopic (exact) mass is 238 g/mol. The summed E-state index contributed by atoms with van der Waals surface area (Å²) in [5.41, 5.74) is 0.796. The van der Waals surface area contributed by atoms with E-state index in [4.69, 9.17) is 12.2 Å². The number of H-pyrrole nitrogens is 1. The predicted molar refractivity (Wildman–Crippen MR) is 62.5 cm³/mol. The zero-order chi connectivity index (χ0) is 11.5. The predicted octanol–water partition coefficient (Wildman–Crippen LogP) is 1.50. The molecule has 1 atom stereocenters. The fourth-order valence-corrected chi connectivity index (χ4v) is 2.14. The van der Waals surface area contributed by atoms with Gasteiger partial charge in [0.15, 0.2) is 4.77 Å². The minimum absolute atomic E-state index is 0.0173. The molecule has 0 radical (unpaired) electrons. The van der Waals surface area contributed by atoms with Gasteiger partial charge in [0.25, 0.3) is 0 Å². The van der Waals surface area contributed by atoms with Gasteiger partial charge in [0.1, 0.15) is 0 Å². The van der Waals surface area contributed by atoms with Crippen LogP contribution in [-0.2, 0) is 13.2 Å². The minimum Gasteiger partial charge on any atom is -0.390 e. The minimum atomic E-state index is -0.0173. The largest absolute Gasteiger partial charge is 0.390 e. The number of hydrogen-bond acceptors (Lipinski definition) is 3. The van der Waals surface area contributed by atoms with Crippen LogP contribution in [0.25, 0.3) is 0 Å². The second-order valence-electron chi connectivity index (χ2n) is 3.69. The molecule has 5 nitrogen and oxygen atoms in total. The van der Waals surface area contributed by atoms with Gasteiger partial charge in [0.2, 0.25) is 0 Å². The highest BCUT2D eigenvalue weighted by molar-refractivity contribution is 7.71. The van der Waals surface area contributed by atoms with Crippen LogP contribution in [0.5, 0.6) is 0 Å². The van der Waals surface area contributed by atoms with Crippen LogP contribution in [0.15, 0.2) is 24.7 Å². The maximum Gasteiger partial charge on any atom is 0.177 e. The molecule has 2 aromatic heterocycles. The Labute approximate surface area is 98.3 Å². The summed E-state index contributed by atoms with van der Waals surface area (Å²) in [6, 6.07) is 2.04. The fraction of sp³-hybridized carbons (Fsp3) is 0.400. The van der Waals surface area contributed by atoms with Crippen LogP contribution in [0, 0.1) is 4.77 Å². The lowest BCUT2D eigenvalue weighted by Gasteiger charge is -2.15. The Hall–Kier alpha value is -1.40. The van der Waals surface area contributed by atoms with Crippen LogP contribution >= 0.6 is 12.2 Å². The molecule has 0 amide bonds. The molecule has 1 unspecified atom stereocenters. The molecule has 0 aliphatic carbocycles. The summed E-state index contributed by atoms with van der Waals surface area (Å²) >= 11 is 5.18. The van der Waals surface area contributed by atoms with E-state index >= 15 is 0 Å². The first-order valence-corrected chi connectivity index (χ1v) is 5.50. The molecule has 0 aliphatic rings. The zero-order valence-electron chi connectivity index (χ0n) is 9.00. The molecule has 0 saturated carbocycles. The van der Waals surface area contributed by atoms with Crippen LogP contribution in [-0.4, -0.2) is 24.4 Å². The number of aliphatic hydroxyl groups is 1. The van der Waals surface area contributed by atoms with Gasteiger partial charge in [-0.25, -0.2) is 0 Å². The van der Waals surface area contributed by atoms with E-state index in [2.05, 4.69) is 10.1 Å². The van der Waals surface area contributed by atoms with Gasteiger partial charge in [0.05, 0.1) is 24.9 Å². The van der Waals surface area contributed by atoms with Gasteiger partial charge < -0.3 is 14.7 Å². The first kappa shape index (κ1) is 11.1. The van der Waals surface area contributed by atoms with Crippen molar-refractivity contribution in [3.8, 4) is 0 Å². The average Bonchev–Trinajstić information content (AvgIpc) is 2.87. The third-order valence-corrected chi connectivity index (χ3v) is 2.82. The van der Waals surface area contributed by atoms with Crippen molar-refractivity contribution in [2.45, 2.75) is 26.1 Å². The first-order valence-electron chi connectivity index (χ1n) is 5.09. The number of aromatic amines is 1. The van der Waals surface area contributed by atoms with E-state index in [0.29, 0.717) is 4.77 Å². The molecule has 86 valence electrons. The summed E-state index contributed by atoms with van der Waals surface area (Å²) in [5.74, 6) is 0. The molecule has 0 fully saturated rings. The number of hydrogen-bond donors (Lipinski definition) is 2. The second kappa shape index (κ2) is 4.63. The summed E-state index contributed by atoms with van der Waals surface area (Å²) in [4.78, 5) is 2.94. The van der Waals surface area contributed by atoms with Gasteiger partial charge in [-0.05, 0) is 25.2 Å². The van der Waals surface area contributed by atoms with Crippen molar-refractivity contribution in [1.29, 1.82) is 0 Å². The molecular formula is C10H14N4OS. The van der Waals surface area contributed by atoms with Gasteiger partial charge in [0, 0.05) is 18.6 Å². The van der Waals surface area contributed by atoms with Crippen molar-refractivity contribution in [2.24, 2.45) is 0 Å². The van der Waals surface area contributed by atoms with E-state index in [1.807, 2.05) is 28.4 Å². The van der Waals surface area contributed by atoms with Crippen molar-refractivity contribution in [3.63, 3.8) is 0 Å². The normalized spacial score (nSPS) is 12.9. The molecule has 2 N–H and O–H groups in total. The number of imidazole rings is 1. The highest BCUT2D eigenvalue weighted by Crippen LogP contribution is 2.13. The summed E-state index contributed by atoms with van der Waals surface area (Å²) in [5, 5.41) is 13.3. The Bertz CT molecular complexity index is 499. The molecule has 0 bridgehead atoms. The van der Waals surface area contributed by atoms with Crippen molar-refractivity contribution in [2.75, 3.05) is 0 Å². The highest BCUT2D eigenvalue weighted by Gasteiger charge is 2.11. The molecule has 0 aromatic carbocycles. The van der Waals surface area contributed by atoms with Gasteiger partial charge in [-0.3, -0.25) is 4.68 Å². The smallest absolute Gasteiger partial charge is 0.177 e. The summed E-state index contributed by atoms with van der Waals surface area (Å²) in [7, 11) is 0. The molecule has 2 aromatic rings. The van der Waals surface area contributed by atoms with Crippen LogP contribution in [0.3, 0.4) is 0 Å². The maximum atomic E-state index is 9.20. The molecule has 0 spiro atoms. The Morgan fingerprint density at radius 2 is 2.44 bits per heavy atom. The Morgan fingerprint density at radius 3 is 3.06 bits per heavy atom. The lowest BCUT2D eigenvalue weighted by molar-refractivity contribution is 0.263. The summed E-state index contributed by atoms with van der Waals surface area (Å²) < 4.78 is 4.39. The van der Waals surface area contributed by atoms with Crippen molar-refractivity contribution < 1.29 is 5.11 Å². The number of aliphatic hydroxyl groups excluding tert-OH is 1. The Balaban J connectivity index is 2.23. The molecule has 0 saturated heterocycles. The van der Waals surface area contributed by atoms with Gasteiger partial charge in [-0.1, -0.05) is 0 Å². The van der Waals surface area contributed by atoms with E-state index in [9.17, 15) is 5.11 Å².